The summed E-state index contributed by atoms with van der Waals surface area (Å²) in [5.74, 6) is 0.351. The summed E-state index contributed by atoms with van der Waals surface area (Å²) in [4.78, 5) is 31.0. The van der Waals surface area contributed by atoms with Crippen molar-refractivity contribution >= 4 is 17.8 Å². The Labute approximate surface area is 107 Å². The van der Waals surface area contributed by atoms with E-state index in [9.17, 15) is 9.59 Å². The topological polar surface area (TPSA) is 61.8 Å². The number of hydrogen-bond donors (Lipinski definition) is 1. The molecule has 2 heterocycles. The normalized spacial score (nSPS) is 27.3. The molecule has 0 radical (unpaired) electrons. The van der Waals surface area contributed by atoms with Crippen molar-refractivity contribution in [3.63, 3.8) is 0 Å². The molecular weight excluding hydrogens is 230 g/mol. The van der Waals surface area contributed by atoms with E-state index in [0.717, 1.165) is 32.1 Å². The van der Waals surface area contributed by atoms with Crippen molar-refractivity contribution in [1.29, 1.82) is 0 Å². The molecule has 1 spiro atoms. The largest absolute Gasteiger partial charge is 0.295 e. The van der Waals surface area contributed by atoms with Crippen LogP contribution in [0, 0.1) is 5.41 Å². The molecule has 0 atom stereocenters. The zero-order valence-electron chi connectivity index (χ0n) is 10.6. The predicted octanol–water partition coefficient (Wildman–Crippen LogP) is 1.05. The average Bonchev–Trinajstić information content (AvgIpc) is 2.64. The van der Waals surface area contributed by atoms with Crippen molar-refractivity contribution in [2.75, 3.05) is 13.1 Å². The summed E-state index contributed by atoms with van der Waals surface area (Å²) < 4.78 is 0. The summed E-state index contributed by atoms with van der Waals surface area (Å²) in [5, 5.41) is 2.85. The lowest BCUT2D eigenvalue weighted by atomic mass is 9.76. The fourth-order valence-corrected chi connectivity index (χ4v) is 3.26. The summed E-state index contributed by atoms with van der Waals surface area (Å²) in [6.07, 6.45) is 6.48. The number of nitrogens with one attached hydrogen (secondary N) is 1. The van der Waals surface area contributed by atoms with Gasteiger partial charge < -0.3 is 0 Å². The molecule has 98 valence electrons. The molecule has 3 aliphatic rings. The first-order chi connectivity index (χ1) is 8.74. The first-order valence-electron chi connectivity index (χ1n) is 6.92. The molecule has 2 aliphatic heterocycles. The minimum Gasteiger partial charge on any atom is -0.295 e. The Bertz CT molecular complexity index is 408. The fraction of sp³-hybridized carbons (Fsp3) is 0.769. The monoisotopic (exact) mass is 249 g/mol. The Hall–Kier alpha value is -1.39. The van der Waals surface area contributed by atoms with Crippen molar-refractivity contribution in [2.45, 2.75) is 44.9 Å². The van der Waals surface area contributed by atoms with Gasteiger partial charge in [-0.3, -0.25) is 24.8 Å². The lowest BCUT2D eigenvalue weighted by molar-refractivity contribution is -0.151. The Morgan fingerprint density at radius 2 is 1.78 bits per heavy atom. The smallest absolute Gasteiger partial charge is 0.244 e. The highest BCUT2D eigenvalue weighted by Crippen LogP contribution is 2.39. The molecule has 5 nitrogen and oxygen atoms in total. The molecule has 1 saturated carbocycles. The van der Waals surface area contributed by atoms with Crippen molar-refractivity contribution in [2.24, 2.45) is 10.4 Å². The van der Waals surface area contributed by atoms with E-state index >= 15 is 0 Å². The van der Waals surface area contributed by atoms with E-state index in [4.69, 9.17) is 0 Å². The van der Waals surface area contributed by atoms with Crippen molar-refractivity contribution in [1.82, 2.24) is 10.2 Å². The summed E-state index contributed by atoms with van der Waals surface area (Å²) in [6.45, 7) is 1.39. The Balaban J connectivity index is 1.94. The van der Waals surface area contributed by atoms with Crippen LogP contribution < -0.4 is 5.32 Å². The molecule has 0 bridgehead atoms. The van der Waals surface area contributed by atoms with Crippen LogP contribution in [0.3, 0.4) is 0 Å². The number of nitrogens with zero attached hydrogens (tertiary/aromatic N) is 2. The number of hydrogen-bond acceptors (Lipinski definition) is 3. The third-order valence-electron chi connectivity index (χ3n) is 4.33. The van der Waals surface area contributed by atoms with Crippen LogP contribution in [0.5, 0.6) is 0 Å². The Morgan fingerprint density at radius 1 is 1.06 bits per heavy atom. The molecule has 0 unspecified atom stereocenters. The van der Waals surface area contributed by atoms with Crippen LogP contribution in [0.4, 0.5) is 0 Å². The van der Waals surface area contributed by atoms with Crippen LogP contribution in [-0.2, 0) is 9.59 Å². The molecule has 0 aromatic rings. The van der Waals surface area contributed by atoms with Crippen LogP contribution in [0.25, 0.3) is 0 Å². The predicted molar refractivity (Wildman–Crippen MR) is 66.9 cm³/mol. The Morgan fingerprint density at radius 3 is 2.50 bits per heavy atom. The van der Waals surface area contributed by atoms with Gasteiger partial charge in [-0.05, 0) is 19.3 Å². The number of carbonyl (C=O) groups is 2. The van der Waals surface area contributed by atoms with Gasteiger partial charge in [0.1, 0.15) is 5.41 Å². The van der Waals surface area contributed by atoms with E-state index in [1.54, 1.807) is 4.90 Å². The van der Waals surface area contributed by atoms with E-state index in [1.165, 1.54) is 0 Å². The summed E-state index contributed by atoms with van der Waals surface area (Å²) >= 11 is 0. The second kappa shape index (κ2) is 4.37. The van der Waals surface area contributed by atoms with Crippen molar-refractivity contribution < 1.29 is 9.59 Å². The number of amides is 2. The van der Waals surface area contributed by atoms with Gasteiger partial charge >= 0.3 is 0 Å². The minimum absolute atomic E-state index is 0.00778. The van der Waals surface area contributed by atoms with E-state index in [0.29, 0.717) is 31.9 Å². The van der Waals surface area contributed by atoms with Crippen LogP contribution in [0.15, 0.2) is 4.99 Å². The number of fused-ring (bicyclic) bond motifs is 1. The maximum Gasteiger partial charge on any atom is 0.244 e. The quantitative estimate of drug-likeness (QED) is 0.652. The zero-order chi connectivity index (χ0) is 12.6. The second-order valence-corrected chi connectivity index (χ2v) is 5.47. The average molecular weight is 249 g/mol. The third kappa shape index (κ3) is 1.64. The SMILES string of the molecule is O=C1NC2=NCCCN2C(=O)C12CCCCCC2. The molecule has 5 heteroatoms. The van der Waals surface area contributed by atoms with E-state index in [1.807, 2.05) is 0 Å². The number of rotatable bonds is 0. The highest BCUT2D eigenvalue weighted by Gasteiger charge is 2.52. The molecule has 18 heavy (non-hydrogen) atoms. The molecule has 1 N–H and O–H groups in total. The van der Waals surface area contributed by atoms with Crippen LogP contribution in [0.2, 0.25) is 0 Å². The van der Waals surface area contributed by atoms with Crippen LogP contribution >= 0.6 is 0 Å². The number of guanidine groups is 1. The van der Waals surface area contributed by atoms with Gasteiger partial charge in [0, 0.05) is 13.1 Å². The van der Waals surface area contributed by atoms with Crippen LogP contribution in [-0.4, -0.2) is 35.8 Å². The summed E-state index contributed by atoms with van der Waals surface area (Å²) in [6, 6.07) is 0. The van der Waals surface area contributed by atoms with Gasteiger partial charge in [-0.2, -0.15) is 0 Å². The van der Waals surface area contributed by atoms with Gasteiger partial charge in [0.2, 0.25) is 17.8 Å². The van der Waals surface area contributed by atoms with E-state index in [2.05, 4.69) is 10.3 Å². The minimum atomic E-state index is -0.799. The maximum atomic E-state index is 12.7. The first-order valence-corrected chi connectivity index (χ1v) is 6.92. The molecule has 1 saturated heterocycles. The molecule has 2 amide bonds. The van der Waals surface area contributed by atoms with Crippen molar-refractivity contribution in [3.8, 4) is 0 Å². The zero-order valence-corrected chi connectivity index (χ0v) is 10.6. The standard InChI is InChI=1S/C13H19N3O2/c17-10-13(6-3-1-2-4-7-13)11(18)16-9-5-8-14-12(16)15-10/h1-9H2,(H,14,15,17). The number of aliphatic imine (C=N–C) groups is 1. The molecule has 1 aliphatic carbocycles. The second-order valence-electron chi connectivity index (χ2n) is 5.47. The van der Waals surface area contributed by atoms with Gasteiger partial charge in [-0.25, -0.2) is 0 Å². The maximum absolute atomic E-state index is 12.7. The third-order valence-corrected chi connectivity index (χ3v) is 4.33. The molecule has 0 aromatic carbocycles. The lowest BCUT2D eigenvalue weighted by Crippen LogP contribution is -2.65. The first kappa shape index (κ1) is 11.7. The van der Waals surface area contributed by atoms with Gasteiger partial charge in [0.25, 0.3) is 0 Å². The fourth-order valence-electron chi connectivity index (χ4n) is 3.26. The highest BCUT2D eigenvalue weighted by atomic mass is 16.2. The van der Waals surface area contributed by atoms with Gasteiger partial charge in [0.15, 0.2) is 0 Å². The summed E-state index contributed by atoms with van der Waals surface area (Å²) in [7, 11) is 0. The van der Waals surface area contributed by atoms with Gasteiger partial charge in [-0.1, -0.05) is 25.7 Å². The van der Waals surface area contributed by atoms with E-state index in [-0.39, 0.29) is 11.8 Å². The van der Waals surface area contributed by atoms with Crippen LogP contribution in [0.1, 0.15) is 44.9 Å². The number of carbonyl (C=O) groups excluding carboxylic acids is 2. The molecular formula is C13H19N3O2. The molecule has 0 aromatic heterocycles. The van der Waals surface area contributed by atoms with Gasteiger partial charge in [-0.15, -0.1) is 0 Å². The van der Waals surface area contributed by atoms with Gasteiger partial charge in [0.05, 0.1) is 0 Å². The molecule has 3 rings (SSSR count). The molecule has 2 fully saturated rings. The Kier molecular flexibility index (Phi) is 2.84. The van der Waals surface area contributed by atoms with Crippen molar-refractivity contribution in [3.05, 3.63) is 0 Å². The summed E-state index contributed by atoms with van der Waals surface area (Å²) in [5.41, 5.74) is -0.799. The highest BCUT2D eigenvalue weighted by molar-refractivity contribution is 6.20. The van der Waals surface area contributed by atoms with E-state index < -0.39 is 5.41 Å². The lowest BCUT2D eigenvalue weighted by Gasteiger charge is -2.42.